The Kier molecular flexibility index (Phi) is 7.06. The Morgan fingerprint density at radius 3 is 1.77 bits per heavy atom. The largest absolute Gasteiger partial charge is 0.483 e. The van der Waals surface area contributed by atoms with E-state index in [4.69, 9.17) is 9.47 Å². The van der Waals surface area contributed by atoms with E-state index in [1.54, 1.807) is 0 Å². The molecule has 1 N–H and O–H groups in total. The van der Waals surface area contributed by atoms with Gasteiger partial charge < -0.3 is 14.8 Å². The summed E-state index contributed by atoms with van der Waals surface area (Å²) in [5.74, 6) is 2.12. The van der Waals surface area contributed by atoms with E-state index in [1.165, 1.54) is 5.56 Å². The zero-order chi connectivity index (χ0) is 23.7. The molecule has 5 aromatic carbocycles. The average molecular weight is 458 g/mol. The Labute approximate surface area is 206 Å². The van der Waals surface area contributed by atoms with Gasteiger partial charge >= 0.3 is 0 Å². The van der Waals surface area contributed by atoms with Gasteiger partial charge in [-0.25, -0.2) is 0 Å². The number of ether oxygens (including phenoxy) is 2. The maximum atomic E-state index is 6.49. The van der Waals surface area contributed by atoms with Crippen molar-refractivity contribution in [2.75, 3.05) is 5.32 Å². The van der Waals surface area contributed by atoms with E-state index in [0.29, 0.717) is 24.7 Å². The third kappa shape index (κ3) is 5.71. The molecule has 3 nitrogen and oxygen atoms in total. The van der Waals surface area contributed by atoms with Gasteiger partial charge in [0.1, 0.15) is 12.4 Å². The second kappa shape index (κ2) is 11.1. The Morgan fingerprint density at radius 1 is 0.543 bits per heavy atom. The number of benzene rings is 5. The van der Waals surface area contributed by atoms with Gasteiger partial charge in [-0.15, -0.1) is 0 Å². The van der Waals surface area contributed by atoms with Crippen molar-refractivity contribution in [3.8, 4) is 28.4 Å². The SMILES string of the molecule is c1ccc(CNc2c(-c3ccccc3)ccc(Oc3ccccc3)c2OCc2ccccc2)cc1. The number of hydrogen-bond acceptors (Lipinski definition) is 3. The third-order valence-electron chi connectivity index (χ3n) is 5.72. The molecule has 0 spiro atoms. The molecule has 0 saturated carbocycles. The molecule has 0 heterocycles. The first-order chi connectivity index (χ1) is 17.4. The molecule has 5 aromatic rings. The molecular formula is C32H27NO2. The highest BCUT2D eigenvalue weighted by Crippen LogP contribution is 2.45. The summed E-state index contributed by atoms with van der Waals surface area (Å²) in [6.07, 6.45) is 0. The molecule has 0 aromatic heterocycles. The Morgan fingerprint density at radius 2 is 1.11 bits per heavy atom. The van der Waals surface area contributed by atoms with Crippen LogP contribution in [-0.2, 0) is 13.2 Å². The number of rotatable bonds is 9. The highest BCUT2D eigenvalue weighted by Gasteiger charge is 2.18. The van der Waals surface area contributed by atoms with Gasteiger partial charge in [0.05, 0.1) is 5.69 Å². The average Bonchev–Trinajstić information content (AvgIpc) is 2.93. The van der Waals surface area contributed by atoms with Crippen LogP contribution < -0.4 is 14.8 Å². The number of hydrogen-bond donors (Lipinski definition) is 1. The molecule has 0 aliphatic heterocycles. The van der Waals surface area contributed by atoms with E-state index in [9.17, 15) is 0 Å². The van der Waals surface area contributed by atoms with Crippen LogP contribution in [0.15, 0.2) is 133 Å². The summed E-state index contributed by atoms with van der Waals surface area (Å²) in [5.41, 5.74) is 5.36. The first-order valence-electron chi connectivity index (χ1n) is 11.8. The molecule has 0 bridgehead atoms. The number of nitrogens with one attached hydrogen (secondary N) is 1. The van der Waals surface area contributed by atoms with Gasteiger partial charge in [0, 0.05) is 12.1 Å². The summed E-state index contributed by atoms with van der Waals surface area (Å²) in [7, 11) is 0. The predicted octanol–water partition coefficient (Wildman–Crippen LogP) is 8.34. The maximum absolute atomic E-state index is 6.49. The fourth-order valence-electron chi connectivity index (χ4n) is 3.95. The van der Waals surface area contributed by atoms with Crippen LogP contribution in [0.25, 0.3) is 11.1 Å². The van der Waals surface area contributed by atoms with E-state index >= 15 is 0 Å². The second-order valence-electron chi connectivity index (χ2n) is 8.21. The smallest absolute Gasteiger partial charge is 0.186 e. The van der Waals surface area contributed by atoms with Gasteiger partial charge in [0.15, 0.2) is 11.5 Å². The molecule has 35 heavy (non-hydrogen) atoms. The van der Waals surface area contributed by atoms with Crippen LogP contribution >= 0.6 is 0 Å². The molecule has 3 heteroatoms. The molecule has 0 atom stereocenters. The minimum Gasteiger partial charge on any atom is -0.483 e. The van der Waals surface area contributed by atoms with Crippen LogP contribution in [0.4, 0.5) is 5.69 Å². The molecule has 0 fully saturated rings. The Hall–Kier alpha value is -4.50. The molecule has 0 aliphatic rings. The van der Waals surface area contributed by atoms with Crippen LogP contribution in [0.2, 0.25) is 0 Å². The highest BCUT2D eigenvalue weighted by molar-refractivity contribution is 5.85. The van der Waals surface area contributed by atoms with Crippen molar-refractivity contribution >= 4 is 5.69 Å². The lowest BCUT2D eigenvalue weighted by molar-refractivity contribution is 0.293. The zero-order valence-electron chi connectivity index (χ0n) is 19.4. The number of para-hydroxylation sites is 1. The van der Waals surface area contributed by atoms with Crippen LogP contribution in [0.1, 0.15) is 11.1 Å². The first-order valence-corrected chi connectivity index (χ1v) is 11.8. The van der Waals surface area contributed by atoms with Gasteiger partial charge in [0.2, 0.25) is 0 Å². The van der Waals surface area contributed by atoms with Crippen LogP contribution in [0.3, 0.4) is 0 Å². The molecule has 0 radical (unpaired) electrons. The van der Waals surface area contributed by atoms with E-state index in [2.05, 4.69) is 72.0 Å². The van der Waals surface area contributed by atoms with Gasteiger partial charge in [-0.3, -0.25) is 0 Å². The quantitative estimate of drug-likeness (QED) is 0.241. The van der Waals surface area contributed by atoms with Crippen molar-refractivity contribution in [3.05, 3.63) is 145 Å². The van der Waals surface area contributed by atoms with Crippen molar-refractivity contribution in [2.45, 2.75) is 13.2 Å². The molecule has 0 aliphatic carbocycles. The fraction of sp³-hybridized carbons (Fsp3) is 0.0625. The summed E-state index contributed by atoms with van der Waals surface area (Å²) in [6, 6.07) is 44.8. The zero-order valence-corrected chi connectivity index (χ0v) is 19.4. The first kappa shape index (κ1) is 22.3. The lowest BCUT2D eigenvalue weighted by Crippen LogP contribution is -2.06. The molecular weight excluding hydrogens is 430 g/mol. The monoisotopic (exact) mass is 457 g/mol. The van der Waals surface area contributed by atoms with Crippen molar-refractivity contribution in [1.82, 2.24) is 0 Å². The Bertz CT molecular complexity index is 1340. The second-order valence-corrected chi connectivity index (χ2v) is 8.21. The van der Waals surface area contributed by atoms with E-state index in [1.807, 2.05) is 66.7 Å². The molecule has 172 valence electrons. The topological polar surface area (TPSA) is 30.5 Å². The van der Waals surface area contributed by atoms with Crippen molar-refractivity contribution < 1.29 is 9.47 Å². The summed E-state index contributed by atoms with van der Waals surface area (Å²) >= 11 is 0. The molecule has 5 rings (SSSR count). The predicted molar refractivity (Wildman–Crippen MR) is 143 cm³/mol. The standard InChI is InChI=1S/C32H27NO2/c1-5-13-25(14-6-1)23-33-31-29(27-17-9-3-10-18-27)21-22-30(35-28-19-11-4-12-20-28)32(31)34-24-26-15-7-2-8-16-26/h1-22,33H,23-24H2. The minimum atomic E-state index is 0.435. The van der Waals surface area contributed by atoms with Crippen molar-refractivity contribution in [3.63, 3.8) is 0 Å². The van der Waals surface area contributed by atoms with Crippen LogP contribution in [0.5, 0.6) is 17.2 Å². The lowest BCUT2D eigenvalue weighted by Gasteiger charge is -2.21. The summed E-state index contributed by atoms with van der Waals surface area (Å²) < 4.78 is 12.8. The highest BCUT2D eigenvalue weighted by atomic mass is 16.5. The van der Waals surface area contributed by atoms with E-state index in [0.717, 1.165) is 28.1 Å². The Balaban J connectivity index is 1.58. The lowest BCUT2D eigenvalue weighted by atomic mass is 10.0. The summed E-state index contributed by atoms with van der Waals surface area (Å²) in [4.78, 5) is 0. The molecule has 0 unspecified atom stereocenters. The van der Waals surface area contributed by atoms with Gasteiger partial charge in [-0.2, -0.15) is 0 Å². The maximum Gasteiger partial charge on any atom is 0.186 e. The fourth-order valence-corrected chi connectivity index (χ4v) is 3.95. The van der Waals surface area contributed by atoms with Crippen molar-refractivity contribution in [2.24, 2.45) is 0 Å². The molecule has 0 saturated heterocycles. The van der Waals surface area contributed by atoms with E-state index < -0.39 is 0 Å². The van der Waals surface area contributed by atoms with Gasteiger partial charge in [-0.1, -0.05) is 109 Å². The minimum absolute atomic E-state index is 0.435. The normalized spacial score (nSPS) is 10.5. The molecule has 0 amide bonds. The summed E-state index contributed by atoms with van der Waals surface area (Å²) in [5, 5.41) is 3.65. The van der Waals surface area contributed by atoms with Gasteiger partial charge in [-0.05, 0) is 41.0 Å². The van der Waals surface area contributed by atoms with Crippen LogP contribution in [0, 0.1) is 0 Å². The van der Waals surface area contributed by atoms with Crippen LogP contribution in [-0.4, -0.2) is 0 Å². The van der Waals surface area contributed by atoms with E-state index in [-0.39, 0.29) is 0 Å². The number of anilines is 1. The third-order valence-corrected chi connectivity index (χ3v) is 5.72. The summed E-state index contributed by atoms with van der Waals surface area (Å²) in [6.45, 7) is 1.10. The van der Waals surface area contributed by atoms with Gasteiger partial charge in [0.25, 0.3) is 0 Å². The van der Waals surface area contributed by atoms with Crippen molar-refractivity contribution in [1.29, 1.82) is 0 Å².